The molecule has 0 aliphatic carbocycles. The van der Waals surface area contributed by atoms with E-state index in [0.29, 0.717) is 25.7 Å². The largest absolute Gasteiger partial charge is 0.379 e. The van der Waals surface area contributed by atoms with Gasteiger partial charge in [0.15, 0.2) is 0 Å². The van der Waals surface area contributed by atoms with Crippen LogP contribution in [0.1, 0.15) is 37.3 Å². The van der Waals surface area contributed by atoms with E-state index in [9.17, 15) is 4.79 Å². The van der Waals surface area contributed by atoms with E-state index in [1.54, 1.807) is 0 Å². The highest BCUT2D eigenvalue weighted by molar-refractivity contribution is 5.81. The molecule has 0 bridgehead atoms. The van der Waals surface area contributed by atoms with Gasteiger partial charge in [-0.2, -0.15) is 0 Å². The first-order valence-electron chi connectivity index (χ1n) is 8.17. The smallest absolute Gasteiger partial charge is 0.251 e. The van der Waals surface area contributed by atoms with Crippen molar-refractivity contribution in [3.63, 3.8) is 0 Å². The summed E-state index contributed by atoms with van der Waals surface area (Å²) < 4.78 is 10.8. The van der Waals surface area contributed by atoms with Crippen molar-refractivity contribution in [1.82, 2.24) is 4.90 Å². The fraction of sp³-hybridized carbons (Fsp3) is 0.611. The van der Waals surface area contributed by atoms with Crippen molar-refractivity contribution < 1.29 is 14.3 Å². The third kappa shape index (κ3) is 4.31. The van der Waals surface area contributed by atoms with Crippen molar-refractivity contribution in [3.05, 3.63) is 35.4 Å². The fourth-order valence-corrected chi connectivity index (χ4v) is 3.02. The summed E-state index contributed by atoms with van der Waals surface area (Å²) >= 11 is 0. The van der Waals surface area contributed by atoms with Gasteiger partial charge >= 0.3 is 0 Å². The average molecular weight is 305 g/mol. The van der Waals surface area contributed by atoms with Gasteiger partial charge in [0.1, 0.15) is 6.10 Å². The molecule has 0 saturated carbocycles. The lowest BCUT2D eigenvalue weighted by atomic mass is 9.94. The molecule has 2 atom stereocenters. The molecular weight excluding hydrogens is 278 g/mol. The van der Waals surface area contributed by atoms with Gasteiger partial charge in [0.2, 0.25) is 0 Å². The number of ether oxygens (including phenoxy) is 2. The summed E-state index contributed by atoms with van der Waals surface area (Å²) in [6.45, 7) is 9.21. The van der Waals surface area contributed by atoms with Crippen LogP contribution in [0.25, 0.3) is 0 Å². The number of amides is 1. The van der Waals surface area contributed by atoms with E-state index in [0.717, 1.165) is 19.5 Å². The van der Waals surface area contributed by atoms with Crippen LogP contribution in [0.15, 0.2) is 24.3 Å². The number of carbonyl (C=O) groups is 1. The van der Waals surface area contributed by atoms with Crippen LogP contribution >= 0.6 is 0 Å². The lowest BCUT2D eigenvalue weighted by Gasteiger charge is -2.21. The summed E-state index contributed by atoms with van der Waals surface area (Å²) in [7, 11) is 0. The summed E-state index contributed by atoms with van der Waals surface area (Å²) in [5, 5.41) is 0. The van der Waals surface area contributed by atoms with Gasteiger partial charge in [-0.05, 0) is 38.3 Å². The van der Waals surface area contributed by atoms with Crippen molar-refractivity contribution in [2.24, 2.45) is 0 Å². The summed E-state index contributed by atoms with van der Waals surface area (Å²) in [5.74, 6) is 0.536. The molecule has 122 valence electrons. The van der Waals surface area contributed by atoms with Crippen molar-refractivity contribution >= 4 is 5.91 Å². The number of hydrogen-bond donors (Lipinski definition) is 0. The van der Waals surface area contributed by atoms with E-state index >= 15 is 0 Å². The molecule has 4 nitrogen and oxygen atoms in total. The Morgan fingerprint density at radius 2 is 2.14 bits per heavy atom. The second-order valence-corrected chi connectivity index (χ2v) is 5.84. The number of likely N-dealkylation sites (tertiary alicyclic amines) is 1. The highest BCUT2D eigenvalue weighted by Gasteiger charge is 2.30. The molecule has 1 amide bonds. The number of hydrogen-bond acceptors (Lipinski definition) is 3. The summed E-state index contributed by atoms with van der Waals surface area (Å²) in [5.41, 5.74) is 2.67. The van der Waals surface area contributed by atoms with E-state index in [1.807, 2.05) is 18.7 Å². The molecule has 0 spiro atoms. The molecule has 1 saturated heterocycles. The van der Waals surface area contributed by atoms with Crippen LogP contribution in [0, 0.1) is 6.92 Å². The first-order valence-corrected chi connectivity index (χ1v) is 8.17. The number of carbonyl (C=O) groups excluding carboxylic acids is 1. The third-order valence-electron chi connectivity index (χ3n) is 4.28. The quantitative estimate of drug-likeness (QED) is 0.727. The molecule has 0 radical (unpaired) electrons. The maximum atomic E-state index is 12.4. The second-order valence-electron chi connectivity index (χ2n) is 5.84. The van der Waals surface area contributed by atoms with Gasteiger partial charge in [0.05, 0.1) is 13.2 Å². The Balaban J connectivity index is 1.84. The van der Waals surface area contributed by atoms with Crippen molar-refractivity contribution in [1.29, 1.82) is 0 Å². The topological polar surface area (TPSA) is 38.8 Å². The van der Waals surface area contributed by atoms with Crippen LogP contribution in [-0.2, 0) is 14.3 Å². The Labute approximate surface area is 133 Å². The zero-order valence-corrected chi connectivity index (χ0v) is 13.9. The molecule has 22 heavy (non-hydrogen) atoms. The Bertz CT molecular complexity index is 489. The normalized spacial score (nSPS) is 19.4. The minimum Gasteiger partial charge on any atom is -0.379 e. The van der Waals surface area contributed by atoms with Crippen molar-refractivity contribution in [2.45, 2.75) is 39.2 Å². The first-order chi connectivity index (χ1) is 10.6. The molecule has 1 heterocycles. The molecule has 1 fully saturated rings. The fourth-order valence-electron chi connectivity index (χ4n) is 3.02. The van der Waals surface area contributed by atoms with Crippen LogP contribution in [0.3, 0.4) is 0 Å². The number of benzene rings is 1. The molecule has 4 heteroatoms. The molecule has 1 aliphatic rings. The van der Waals surface area contributed by atoms with E-state index in [-0.39, 0.29) is 5.91 Å². The van der Waals surface area contributed by atoms with Gasteiger partial charge in [-0.3, -0.25) is 4.79 Å². The van der Waals surface area contributed by atoms with Gasteiger partial charge < -0.3 is 14.4 Å². The van der Waals surface area contributed by atoms with E-state index in [4.69, 9.17) is 9.47 Å². The van der Waals surface area contributed by atoms with Crippen LogP contribution in [0.4, 0.5) is 0 Å². The SMILES string of the molecule is CCOCCO[C@H](C)C(=O)N1CC[C@H](c2ccccc2C)C1. The van der Waals surface area contributed by atoms with E-state index < -0.39 is 6.10 Å². The van der Waals surface area contributed by atoms with Crippen molar-refractivity contribution in [3.8, 4) is 0 Å². The van der Waals surface area contributed by atoms with Gasteiger partial charge in [-0.15, -0.1) is 0 Å². The predicted molar refractivity (Wildman–Crippen MR) is 87.0 cm³/mol. The van der Waals surface area contributed by atoms with Gasteiger partial charge in [0.25, 0.3) is 5.91 Å². The lowest BCUT2D eigenvalue weighted by Crippen LogP contribution is -2.38. The standard InChI is InChI=1S/C18H27NO3/c1-4-21-11-12-22-15(3)18(20)19-10-9-16(13-19)17-8-6-5-7-14(17)2/h5-8,15-16H,4,9-13H2,1-3H3/t15-,16+/m1/s1. The number of nitrogens with zero attached hydrogens (tertiary/aromatic N) is 1. The zero-order valence-electron chi connectivity index (χ0n) is 13.9. The van der Waals surface area contributed by atoms with Crippen LogP contribution in [0.2, 0.25) is 0 Å². The highest BCUT2D eigenvalue weighted by atomic mass is 16.5. The average Bonchev–Trinajstić information content (AvgIpc) is 3.00. The number of rotatable bonds is 7. The first kappa shape index (κ1) is 17.0. The summed E-state index contributed by atoms with van der Waals surface area (Å²) in [6, 6.07) is 8.45. The summed E-state index contributed by atoms with van der Waals surface area (Å²) in [6.07, 6.45) is 0.637. The molecular formula is C18H27NO3. The minimum absolute atomic E-state index is 0.0904. The zero-order chi connectivity index (χ0) is 15.9. The molecule has 0 unspecified atom stereocenters. The van der Waals surface area contributed by atoms with Gasteiger partial charge in [0, 0.05) is 25.6 Å². The van der Waals surface area contributed by atoms with Crippen LogP contribution in [-0.4, -0.2) is 49.8 Å². The van der Waals surface area contributed by atoms with Crippen molar-refractivity contribution in [2.75, 3.05) is 32.9 Å². The maximum absolute atomic E-state index is 12.4. The maximum Gasteiger partial charge on any atom is 0.251 e. The number of aryl methyl sites for hydroxylation is 1. The lowest BCUT2D eigenvalue weighted by molar-refractivity contribution is -0.142. The third-order valence-corrected chi connectivity index (χ3v) is 4.28. The van der Waals surface area contributed by atoms with Crippen LogP contribution in [0.5, 0.6) is 0 Å². The molecule has 0 aromatic heterocycles. The molecule has 1 aromatic rings. The Morgan fingerprint density at radius 3 is 2.86 bits per heavy atom. The Morgan fingerprint density at radius 1 is 1.36 bits per heavy atom. The van der Waals surface area contributed by atoms with E-state index in [2.05, 4.69) is 31.2 Å². The second kappa shape index (κ2) is 8.30. The minimum atomic E-state index is -0.393. The van der Waals surface area contributed by atoms with E-state index in [1.165, 1.54) is 11.1 Å². The van der Waals surface area contributed by atoms with Gasteiger partial charge in [-0.1, -0.05) is 24.3 Å². The molecule has 1 aliphatic heterocycles. The Kier molecular flexibility index (Phi) is 6.40. The molecule has 0 N–H and O–H groups in total. The monoisotopic (exact) mass is 305 g/mol. The predicted octanol–water partition coefficient (Wildman–Crippen LogP) is 2.75. The summed E-state index contributed by atoms with van der Waals surface area (Å²) in [4.78, 5) is 14.4. The molecule has 2 rings (SSSR count). The van der Waals surface area contributed by atoms with Gasteiger partial charge in [-0.25, -0.2) is 0 Å². The highest BCUT2D eigenvalue weighted by Crippen LogP contribution is 2.29. The Hall–Kier alpha value is -1.39. The molecule has 1 aromatic carbocycles. The van der Waals surface area contributed by atoms with Crippen LogP contribution < -0.4 is 0 Å².